The van der Waals surface area contributed by atoms with E-state index in [4.69, 9.17) is 10.2 Å². The van der Waals surface area contributed by atoms with Gasteiger partial charge in [0.15, 0.2) is 0 Å². The molecule has 0 amide bonds. The lowest BCUT2D eigenvalue weighted by molar-refractivity contribution is -0.797. The summed E-state index contributed by atoms with van der Waals surface area (Å²) in [5.74, 6) is 0.635. The van der Waals surface area contributed by atoms with E-state index in [2.05, 4.69) is 128 Å². The van der Waals surface area contributed by atoms with E-state index in [9.17, 15) is 0 Å². The molecular formula is C44H37N5+2. The molecule has 0 saturated heterocycles. The van der Waals surface area contributed by atoms with Crippen LogP contribution in [-0.2, 0) is 0 Å². The lowest BCUT2D eigenvalue weighted by Crippen LogP contribution is -2.49. The summed E-state index contributed by atoms with van der Waals surface area (Å²) in [6.07, 6.45) is 6.31. The number of para-hydroxylation sites is 4. The molecule has 0 saturated carbocycles. The normalized spacial score (nSPS) is 11.7. The van der Waals surface area contributed by atoms with E-state index in [1.165, 1.54) is 11.1 Å². The van der Waals surface area contributed by atoms with E-state index in [0.717, 1.165) is 45.1 Å². The van der Waals surface area contributed by atoms with Gasteiger partial charge in [-0.2, -0.15) is 0 Å². The fourth-order valence-corrected chi connectivity index (χ4v) is 5.84. The van der Waals surface area contributed by atoms with Crippen molar-refractivity contribution < 1.29 is 9.36 Å². The van der Waals surface area contributed by atoms with E-state index in [0.29, 0.717) is 5.82 Å². The number of hydrogen-bond acceptors (Lipinski definition) is 3. The zero-order valence-electron chi connectivity index (χ0n) is 27.6. The molecule has 0 aliphatic heterocycles. The van der Waals surface area contributed by atoms with Gasteiger partial charge in [-0.1, -0.05) is 121 Å². The third-order valence-electron chi connectivity index (χ3n) is 8.43. The van der Waals surface area contributed by atoms with Gasteiger partial charge in [0.25, 0.3) is 5.82 Å². The summed E-state index contributed by atoms with van der Waals surface area (Å²) in [5.41, 5.74) is 10.9. The molecule has 0 spiro atoms. The van der Waals surface area contributed by atoms with E-state index < -0.39 is 0 Å². The van der Waals surface area contributed by atoms with Crippen molar-refractivity contribution in [3.63, 3.8) is 0 Å². The molecule has 0 aliphatic carbocycles. The maximum atomic E-state index is 4.89. The second-order valence-electron chi connectivity index (χ2n) is 11.7. The highest BCUT2D eigenvalue weighted by molar-refractivity contribution is 5.84. The first-order valence-electron chi connectivity index (χ1n) is 16.5. The number of nitrogens with zero attached hydrogens (tertiary/aromatic N) is 5. The van der Waals surface area contributed by atoms with Crippen molar-refractivity contribution in [3.05, 3.63) is 199 Å². The largest absolute Gasteiger partial charge is 0.469 e. The van der Waals surface area contributed by atoms with Crippen LogP contribution in [0, 0.1) is 0 Å². The van der Waals surface area contributed by atoms with Gasteiger partial charge in [0.2, 0.25) is 11.4 Å². The Bertz CT molecular complexity index is 2100. The van der Waals surface area contributed by atoms with Crippen molar-refractivity contribution in [3.8, 4) is 22.8 Å². The molecule has 0 fully saturated rings. The summed E-state index contributed by atoms with van der Waals surface area (Å²) in [6.45, 7) is 4.25. The number of allylic oxidation sites excluding steroid dienone is 4. The number of anilines is 3. The third-order valence-corrected chi connectivity index (χ3v) is 8.43. The lowest BCUT2D eigenvalue weighted by Gasteiger charge is -2.25. The Labute approximate surface area is 288 Å². The van der Waals surface area contributed by atoms with Crippen molar-refractivity contribution in [2.75, 3.05) is 4.90 Å². The van der Waals surface area contributed by atoms with Crippen LogP contribution in [0.3, 0.4) is 0 Å². The summed E-state index contributed by atoms with van der Waals surface area (Å²) in [4.78, 5) is 2.28. The highest BCUT2D eigenvalue weighted by Gasteiger charge is 2.23. The Morgan fingerprint density at radius 1 is 0.510 bits per heavy atom. The van der Waals surface area contributed by atoms with Crippen LogP contribution in [-0.4, -0.2) is 10.2 Å². The fraction of sp³-hybridized carbons (Fsp3) is 0.0455. The average molecular weight is 636 g/mol. The Kier molecular flexibility index (Phi) is 9.24. The van der Waals surface area contributed by atoms with Crippen LogP contribution >= 0.6 is 0 Å². The highest BCUT2D eigenvalue weighted by Crippen LogP contribution is 2.35. The second-order valence-corrected chi connectivity index (χ2v) is 11.7. The standard InChI is InChI=1S/C44H37N5/c1-3-35(32-34(2)36-28-30-43(31-29-36)49(41-20-12-6-13-21-41)42-22-14-7-15-23-42)37-24-26-38(27-25-37)44-45-47(39-16-8-4-9-17-39)33-48(46-44)40-18-10-5-11-19-40/h3-33H,1-2H3/q+2/b34-32-,35-3-. The average Bonchev–Trinajstić information content (AvgIpc) is 3.19. The molecule has 1 heterocycles. The predicted octanol–water partition coefficient (Wildman–Crippen LogP) is 9.67. The van der Waals surface area contributed by atoms with Gasteiger partial charge in [-0.3, -0.25) is 0 Å². The van der Waals surface area contributed by atoms with E-state index in [1.54, 1.807) is 0 Å². The second kappa shape index (κ2) is 14.5. The molecule has 0 unspecified atom stereocenters. The molecule has 0 radical (unpaired) electrons. The van der Waals surface area contributed by atoms with Gasteiger partial charge < -0.3 is 4.90 Å². The van der Waals surface area contributed by atoms with Crippen molar-refractivity contribution in [1.29, 1.82) is 0 Å². The molecular weight excluding hydrogens is 599 g/mol. The molecule has 6 aromatic carbocycles. The monoisotopic (exact) mass is 635 g/mol. The molecule has 5 heteroatoms. The van der Waals surface area contributed by atoms with Crippen LogP contribution in [0.1, 0.15) is 25.0 Å². The first kappa shape index (κ1) is 31.2. The summed E-state index contributed by atoms with van der Waals surface area (Å²) >= 11 is 0. The summed E-state index contributed by atoms with van der Waals surface area (Å²) in [6, 6.07) is 58.5. The predicted molar refractivity (Wildman–Crippen MR) is 199 cm³/mol. The van der Waals surface area contributed by atoms with Crippen LogP contribution in [0.4, 0.5) is 17.1 Å². The molecule has 0 N–H and O–H groups in total. The number of rotatable bonds is 9. The van der Waals surface area contributed by atoms with Crippen LogP contribution in [0.5, 0.6) is 0 Å². The molecule has 5 nitrogen and oxygen atoms in total. The van der Waals surface area contributed by atoms with Gasteiger partial charge in [0.05, 0.1) is 0 Å². The minimum absolute atomic E-state index is 0.635. The summed E-state index contributed by atoms with van der Waals surface area (Å²) in [7, 11) is 0. The van der Waals surface area contributed by atoms with Crippen molar-refractivity contribution in [1.82, 2.24) is 10.2 Å². The number of benzene rings is 6. The Morgan fingerprint density at radius 3 is 1.41 bits per heavy atom. The molecule has 7 aromatic rings. The van der Waals surface area contributed by atoms with Crippen LogP contribution in [0.25, 0.3) is 33.9 Å². The Morgan fingerprint density at radius 2 is 0.939 bits per heavy atom. The minimum Gasteiger partial charge on any atom is -0.311 e. The van der Waals surface area contributed by atoms with E-state index in [1.807, 2.05) is 88.5 Å². The first-order valence-corrected chi connectivity index (χ1v) is 16.5. The molecule has 236 valence electrons. The topological polar surface area (TPSA) is 36.8 Å². The summed E-state index contributed by atoms with van der Waals surface area (Å²) in [5, 5.41) is 9.79. The fourth-order valence-electron chi connectivity index (χ4n) is 5.84. The number of aromatic nitrogens is 4. The van der Waals surface area contributed by atoms with Crippen LogP contribution in [0.15, 0.2) is 188 Å². The van der Waals surface area contributed by atoms with Crippen molar-refractivity contribution in [2.45, 2.75) is 13.8 Å². The van der Waals surface area contributed by atoms with E-state index in [-0.39, 0.29) is 0 Å². The zero-order valence-corrected chi connectivity index (χ0v) is 27.6. The number of hydrogen-bond donors (Lipinski definition) is 0. The smallest absolute Gasteiger partial charge is 0.311 e. The Hall–Kier alpha value is -6.46. The maximum absolute atomic E-state index is 4.89. The minimum atomic E-state index is 0.635. The van der Waals surface area contributed by atoms with Gasteiger partial charge in [-0.15, -0.1) is 0 Å². The summed E-state index contributed by atoms with van der Waals surface area (Å²) < 4.78 is 3.74. The van der Waals surface area contributed by atoms with E-state index >= 15 is 0 Å². The molecule has 7 rings (SSSR count). The molecule has 49 heavy (non-hydrogen) atoms. The quantitative estimate of drug-likeness (QED) is 0.117. The van der Waals surface area contributed by atoms with Gasteiger partial charge in [0, 0.05) is 66.5 Å². The highest BCUT2D eigenvalue weighted by atomic mass is 15.4. The van der Waals surface area contributed by atoms with Crippen molar-refractivity contribution >= 4 is 28.2 Å². The zero-order chi connectivity index (χ0) is 33.4. The third kappa shape index (κ3) is 7.11. The van der Waals surface area contributed by atoms with Gasteiger partial charge in [-0.25, -0.2) is 0 Å². The van der Waals surface area contributed by atoms with Gasteiger partial charge in [-0.05, 0) is 72.5 Å². The molecule has 1 aromatic heterocycles. The van der Waals surface area contributed by atoms with Crippen LogP contribution in [0.2, 0.25) is 0 Å². The van der Waals surface area contributed by atoms with Crippen molar-refractivity contribution in [2.24, 2.45) is 0 Å². The lowest BCUT2D eigenvalue weighted by atomic mass is 9.98. The maximum Gasteiger partial charge on any atom is 0.469 e. The SMILES string of the molecule is C/C=C(/C=C(/C)c1ccc(N(c2ccccc2)c2ccccc2)cc1)c1ccc(-c2n[n+](-c3ccccc3)c[n+](-c3ccccc3)n2)cc1. The molecule has 0 atom stereocenters. The Balaban J connectivity index is 1.15. The van der Waals surface area contributed by atoms with Gasteiger partial charge >= 0.3 is 6.33 Å². The van der Waals surface area contributed by atoms with Crippen LogP contribution < -0.4 is 14.3 Å². The first-order chi connectivity index (χ1) is 24.2. The molecule has 0 aliphatic rings. The molecule has 0 bridgehead atoms. The van der Waals surface area contributed by atoms with Gasteiger partial charge in [0.1, 0.15) is 0 Å².